The molecule has 3 rings (SSSR count). The summed E-state index contributed by atoms with van der Waals surface area (Å²) in [6.07, 6.45) is 3.76. The molecule has 0 aliphatic heterocycles. The number of halogens is 3. The van der Waals surface area contributed by atoms with Crippen molar-refractivity contribution in [3.05, 3.63) is 29.7 Å². The van der Waals surface area contributed by atoms with Gasteiger partial charge in [-0.1, -0.05) is 0 Å². The molecule has 110 valence electrons. The van der Waals surface area contributed by atoms with Gasteiger partial charge < -0.3 is 5.32 Å². The predicted octanol–water partition coefficient (Wildman–Crippen LogP) is 2.92. The van der Waals surface area contributed by atoms with Crippen molar-refractivity contribution in [3.63, 3.8) is 0 Å². The maximum atomic E-state index is 12.6. The number of anilines is 1. The van der Waals surface area contributed by atoms with E-state index in [1.54, 1.807) is 10.7 Å². The van der Waals surface area contributed by atoms with Crippen LogP contribution in [0.3, 0.4) is 0 Å². The Bertz CT molecular complexity index is 576. The summed E-state index contributed by atoms with van der Waals surface area (Å²) in [7, 11) is 1.85. The zero-order valence-electron chi connectivity index (χ0n) is 11.0. The lowest BCUT2D eigenvalue weighted by Gasteiger charge is -2.08. The summed E-state index contributed by atoms with van der Waals surface area (Å²) in [5.41, 5.74) is 1.52. The number of aromatic nitrogens is 4. The van der Waals surface area contributed by atoms with Gasteiger partial charge >= 0.3 is 6.55 Å². The molecule has 1 saturated carbocycles. The second-order valence-corrected chi connectivity index (χ2v) is 4.75. The van der Waals surface area contributed by atoms with Gasteiger partial charge in [0, 0.05) is 25.2 Å². The highest BCUT2D eigenvalue weighted by Gasteiger charge is 2.26. The molecule has 1 N–H and O–H groups in total. The Balaban J connectivity index is 0.00000147. The van der Waals surface area contributed by atoms with E-state index in [4.69, 9.17) is 0 Å². The molecule has 2 aromatic heterocycles. The fraction of sp³-hybridized carbons (Fsp3) is 0.500. The molecule has 0 amide bonds. The first-order valence-corrected chi connectivity index (χ1v) is 6.23. The van der Waals surface area contributed by atoms with E-state index in [0.29, 0.717) is 22.8 Å². The lowest BCUT2D eigenvalue weighted by atomic mass is 10.3. The largest absolute Gasteiger partial charge is 0.365 e. The summed E-state index contributed by atoms with van der Waals surface area (Å²) in [6, 6.07) is 3.57. The molecule has 1 fully saturated rings. The molecule has 8 heteroatoms. The van der Waals surface area contributed by atoms with E-state index in [1.165, 1.54) is 19.0 Å². The van der Waals surface area contributed by atoms with Gasteiger partial charge in [-0.25, -0.2) is 4.68 Å². The number of hydrogen-bond donors (Lipinski definition) is 1. The molecule has 0 spiro atoms. The van der Waals surface area contributed by atoms with Crippen molar-refractivity contribution in [2.24, 2.45) is 7.05 Å². The van der Waals surface area contributed by atoms with E-state index in [-0.39, 0.29) is 12.4 Å². The van der Waals surface area contributed by atoms with Crippen molar-refractivity contribution >= 4 is 18.2 Å². The smallest absolute Gasteiger partial charge is 0.333 e. The molecule has 1 aliphatic carbocycles. The number of aryl methyl sites for hydroxylation is 1. The van der Waals surface area contributed by atoms with Gasteiger partial charge in [0.05, 0.1) is 17.9 Å². The van der Waals surface area contributed by atoms with Gasteiger partial charge in [0.1, 0.15) is 5.82 Å². The number of nitrogens with zero attached hydrogens (tertiary/aromatic N) is 4. The fourth-order valence-electron chi connectivity index (χ4n) is 2.07. The first-order valence-electron chi connectivity index (χ1n) is 6.23. The first-order chi connectivity index (χ1) is 9.15. The third-order valence-electron chi connectivity index (χ3n) is 3.28. The Morgan fingerprint density at radius 1 is 1.45 bits per heavy atom. The van der Waals surface area contributed by atoms with Crippen molar-refractivity contribution in [1.29, 1.82) is 0 Å². The van der Waals surface area contributed by atoms with E-state index >= 15 is 0 Å². The SMILES string of the molecule is Cl.Cn1nc(C2CC2)cc1NCc1ccnn1C(F)F. The molecule has 0 aromatic carbocycles. The summed E-state index contributed by atoms with van der Waals surface area (Å²) < 4.78 is 27.7. The van der Waals surface area contributed by atoms with E-state index in [2.05, 4.69) is 15.5 Å². The molecular formula is C12H16ClF2N5. The van der Waals surface area contributed by atoms with Gasteiger partial charge in [0.15, 0.2) is 0 Å². The maximum absolute atomic E-state index is 12.6. The van der Waals surface area contributed by atoms with Gasteiger partial charge in [-0.15, -0.1) is 12.4 Å². The predicted molar refractivity (Wildman–Crippen MR) is 73.2 cm³/mol. The van der Waals surface area contributed by atoms with Gasteiger partial charge in [-0.3, -0.25) is 4.68 Å². The third-order valence-corrected chi connectivity index (χ3v) is 3.28. The Hall–Kier alpha value is -1.63. The molecule has 2 heterocycles. The van der Waals surface area contributed by atoms with Crippen LogP contribution in [-0.2, 0) is 13.6 Å². The Kier molecular flexibility index (Phi) is 4.27. The summed E-state index contributed by atoms with van der Waals surface area (Å²) in [4.78, 5) is 0. The normalized spacial score (nSPS) is 14.4. The van der Waals surface area contributed by atoms with Crippen LogP contribution in [0.4, 0.5) is 14.6 Å². The van der Waals surface area contributed by atoms with Crippen LogP contribution in [-0.4, -0.2) is 19.6 Å². The highest BCUT2D eigenvalue weighted by Crippen LogP contribution is 2.39. The quantitative estimate of drug-likeness (QED) is 0.924. The van der Waals surface area contributed by atoms with Crippen molar-refractivity contribution in [2.45, 2.75) is 31.9 Å². The minimum atomic E-state index is -2.61. The lowest BCUT2D eigenvalue weighted by Crippen LogP contribution is -2.11. The van der Waals surface area contributed by atoms with Crippen LogP contribution >= 0.6 is 12.4 Å². The maximum Gasteiger partial charge on any atom is 0.333 e. The molecule has 0 saturated heterocycles. The van der Waals surface area contributed by atoms with Gasteiger partial charge in [0.25, 0.3) is 0 Å². The topological polar surface area (TPSA) is 47.7 Å². The average Bonchev–Trinajstić information content (AvgIpc) is 2.99. The standard InChI is InChI=1S/C12H15F2N5.ClH/c1-18-11(6-10(17-18)8-2-3-8)15-7-9-4-5-16-19(9)12(13)14;/h4-6,8,12,15H,2-3,7H2,1H3;1H. The zero-order valence-corrected chi connectivity index (χ0v) is 11.8. The fourth-order valence-corrected chi connectivity index (χ4v) is 2.07. The Morgan fingerprint density at radius 3 is 2.85 bits per heavy atom. The lowest BCUT2D eigenvalue weighted by molar-refractivity contribution is 0.0537. The van der Waals surface area contributed by atoms with E-state index in [0.717, 1.165) is 11.5 Å². The van der Waals surface area contributed by atoms with Gasteiger partial charge in [-0.05, 0) is 18.9 Å². The molecule has 0 atom stereocenters. The highest BCUT2D eigenvalue weighted by molar-refractivity contribution is 5.85. The number of alkyl halides is 2. The number of hydrogen-bond acceptors (Lipinski definition) is 3. The molecule has 1 aliphatic rings. The summed E-state index contributed by atoms with van der Waals surface area (Å²) in [6.45, 7) is -2.31. The molecule has 0 radical (unpaired) electrons. The van der Waals surface area contributed by atoms with Gasteiger partial charge in [0.2, 0.25) is 0 Å². The van der Waals surface area contributed by atoms with E-state index in [1.807, 2.05) is 13.1 Å². The minimum absolute atomic E-state index is 0. The minimum Gasteiger partial charge on any atom is -0.365 e. The second kappa shape index (κ2) is 5.78. The van der Waals surface area contributed by atoms with Crippen LogP contribution < -0.4 is 5.32 Å². The molecular weight excluding hydrogens is 288 g/mol. The molecule has 2 aromatic rings. The second-order valence-electron chi connectivity index (χ2n) is 4.75. The van der Waals surface area contributed by atoms with E-state index < -0.39 is 6.55 Å². The van der Waals surface area contributed by atoms with Gasteiger partial charge in [-0.2, -0.15) is 19.0 Å². The van der Waals surface area contributed by atoms with E-state index in [9.17, 15) is 8.78 Å². The summed E-state index contributed by atoms with van der Waals surface area (Å²) in [5, 5.41) is 11.1. The van der Waals surface area contributed by atoms with Crippen molar-refractivity contribution in [1.82, 2.24) is 19.6 Å². The summed E-state index contributed by atoms with van der Waals surface area (Å²) in [5.74, 6) is 1.41. The molecule has 0 bridgehead atoms. The third kappa shape index (κ3) is 2.92. The van der Waals surface area contributed by atoms with Crippen LogP contribution in [0.5, 0.6) is 0 Å². The van der Waals surface area contributed by atoms with Crippen LogP contribution in [0.25, 0.3) is 0 Å². The number of rotatable bonds is 5. The average molecular weight is 304 g/mol. The van der Waals surface area contributed by atoms with Crippen LogP contribution in [0.2, 0.25) is 0 Å². The molecule has 0 unspecified atom stereocenters. The van der Waals surface area contributed by atoms with Crippen molar-refractivity contribution < 1.29 is 8.78 Å². The molecule has 5 nitrogen and oxygen atoms in total. The Morgan fingerprint density at radius 2 is 2.20 bits per heavy atom. The van der Waals surface area contributed by atoms with Crippen LogP contribution in [0.15, 0.2) is 18.3 Å². The number of nitrogens with one attached hydrogen (secondary N) is 1. The zero-order chi connectivity index (χ0) is 13.4. The van der Waals surface area contributed by atoms with Crippen molar-refractivity contribution in [3.8, 4) is 0 Å². The monoisotopic (exact) mass is 303 g/mol. The Labute approximate surface area is 121 Å². The van der Waals surface area contributed by atoms with Crippen LogP contribution in [0, 0.1) is 0 Å². The van der Waals surface area contributed by atoms with Crippen molar-refractivity contribution in [2.75, 3.05) is 5.32 Å². The highest BCUT2D eigenvalue weighted by atomic mass is 35.5. The summed E-state index contributed by atoms with van der Waals surface area (Å²) >= 11 is 0. The first kappa shape index (κ1) is 14.8. The molecule has 20 heavy (non-hydrogen) atoms. The van der Waals surface area contributed by atoms with Crippen LogP contribution in [0.1, 0.15) is 36.7 Å².